The zero-order valence-corrected chi connectivity index (χ0v) is 15.2. The maximum Gasteiger partial charge on any atom is 0.315 e. The van der Waals surface area contributed by atoms with Crippen LogP contribution in [-0.4, -0.2) is 57.9 Å². The molecule has 1 fully saturated rings. The smallest absolute Gasteiger partial charge is 0.315 e. The van der Waals surface area contributed by atoms with Gasteiger partial charge in [0.25, 0.3) is 0 Å². The predicted octanol–water partition coefficient (Wildman–Crippen LogP) is 1.87. The molecule has 0 aromatic rings. The van der Waals surface area contributed by atoms with Crippen LogP contribution in [0, 0.1) is 0 Å². The Morgan fingerprint density at radius 1 is 1.32 bits per heavy atom. The molecule has 1 aliphatic rings. The average Bonchev–Trinajstić information content (AvgIpc) is 2.39. The highest BCUT2D eigenvalue weighted by molar-refractivity contribution is 7.86. The lowest BCUT2D eigenvalue weighted by atomic mass is 10.0. The number of hydrogen-bond donors (Lipinski definition) is 2. The van der Waals surface area contributed by atoms with Gasteiger partial charge in [-0.2, -0.15) is 0 Å². The van der Waals surface area contributed by atoms with E-state index in [0.717, 1.165) is 32.5 Å². The largest absolute Gasteiger partial charge is 0.337 e. The summed E-state index contributed by atoms with van der Waals surface area (Å²) in [5, 5.41) is 5.81. The topological polar surface area (TPSA) is 61.4 Å². The molecular formula is C16H31N3O2S. The third-order valence-corrected chi connectivity index (χ3v) is 5.61. The Morgan fingerprint density at radius 3 is 2.41 bits per heavy atom. The van der Waals surface area contributed by atoms with Crippen molar-refractivity contribution in [3.05, 3.63) is 12.2 Å². The van der Waals surface area contributed by atoms with Gasteiger partial charge in [-0.3, -0.25) is 9.11 Å². The molecule has 1 unspecified atom stereocenters. The first kappa shape index (κ1) is 19.2. The Morgan fingerprint density at radius 2 is 1.91 bits per heavy atom. The second kappa shape index (κ2) is 8.67. The van der Waals surface area contributed by atoms with Gasteiger partial charge < -0.3 is 10.6 Å². The Hall–Kier alpha value is -0.880. The maximum absolute atomic E-state index is 11.9. The van der Waals surface area contributed by atoms with E-state index in [1.54, 1.807) is 0 Å². The van der Waals surface area contributed by atoms with Crippen LogP contribution in [0.1, 0.15) is 40.5 Å². The van der Waals surface area contributed by atoms with Gasteiger partial charge in [-0.15, -0.1) is 0 Å². The van der Waals surface area contributed by atoms with E-state index in [1.807, 2.05) is 27.7 Å². The predicted molar refractivity (Wildman–Crippen MR) is 93.6 cm³/mol. The summed E-state index contributed by atoms with van der Waals surface area (Å²) in [4.78, 5) is 14.2. The first-order chi connectivity index (χ1) is 10.2. The third-order valence-electron chi connectivity index (χ3n) is 3.67. The van der Waals surface area contributed by atoms with Crippen LogP contribution in [0.3, 0.4) is 0 Å². The lowest BCUT2D eigenvalue weighted by Crippen LogP contribution is -2.48. The maximum atomic E-state index is 11.9. The highest BCUT2D eigenvalue weighted by Gasteiger charge is 2.21. The molecule has 2 amide bonds. The quantitative estimate of drug-likeness (QED) is 0.731. The Labute approximate surface area is 137 Å². The monoisotopic (exact) mass is 329 g/mol. The molecule has 1 atom stereocenters. The number of urea groups is 1. The van der Waals surface area contributed by atoms with Crippen molar-refractivity contribution >= 4 is 16.8 Å². The first-order valence-corrected chi connectivity index (χ1v) is 9.30. The third kappa shape index (κ3) is 7.40. The number of piperidine rings is 1. The van der Waals surface area contributed by atoms with Crippen molar-refractivity contribution in [2.45, 2.75) is 51.3 Å². The fourth-order valence-corrected chi connectivity index (χ4v) is 3.32. The number of carbonyl (C=O) groups excluding carboxylic acids is 1. The fourth-order valence-electron chi connectivity index (χ4n) is 2.42. The van der Waals surface area contributed by atoms with Gasteiger partial charge in [-0.05, 0) is 40.5 Å². The highest BCUT2D eigenvalue weighted by Crippen LogP contribution is 2.12. The van der Waals surface area contributed by atoms with E-state index in [1.165, 1.54) is 5.57 Å². The molecule has 22 heavy (non-hydrogen) atoms. The molecule has 0 aliphatic carbocycles. The number of likely N-dealkylation sites (tertiary alicyclic amines) is 1. The molecule has 2 N–H and O–H groups in total. The minimum Gasteiger partial charge on any atom is -0.337 e. The second-order valence-corrected chi connectivity index (χ2v) is 9.39. The molecule has 128 valence electrons. The molecule has 0 aromatic heterocycles. The van der Waals surface area contributed by atoms with Crippen LogP contribution in [0.25, 0.3) is 0 Å². The van der Waals surface area contributed by atoms with Crippen LogP contribution >= 0.6 is 0 Å². The lowest BCUT2D eigenvalue weighted by Gasteiger charge is -2.32. The van der Waals surface area contributed by atoms with Crippen LogP contribution in [0.2, 0.25) is 0 Å². The summed E-state index contributed by atoms with van der Waals surface area (Å²) in [6.07, 6.45) is 1.93. The van der Waals surface area contributed by atoms with Crippen molar-refractivity contribution in [1.82, 2.24) is 15.5 Å². The highest BCUT2D eigenvalue weighted by atomic mass is 32.2. The number of nitrogens with zero attached hydrogens (tertiary/aromatic N) is 1. The summed E-state index contributed by atoms with van der Waals surface area (Å²) >= 11 is 0. The number of hydrogen-bond acceptors (Lipinski definition) is 3. The van der Waals surface area contributed by atoms with Gasteiger partial charge in [-0.25, -0.2) is 4.79 Å². The Bertz CT molecular complexity index is 410. The van der Waals surface area contributed by atoms with Gasteiger partial charge in [0.1, 0.15) is 0 Å². The summed E-state index contributed by atoms with van der Waals surface area (Å²) in [5.74, 6) is 0.494. The van der Waals surface area contributed by atoms with Crippen LogP contribution in [0.4, 0.5) is 4.79 Å². The number of carbonyl (C=O) groups is 1. The SMILES string of the molecule is C=C(C)CN1CCC(NC(=O)NCCS(=O)C(C)(C)C)CC1. The normalized spacial score (nSPS) is 18.7. The molecule has 0 spiro atoms. The molecule has 5 nitrogen and oxygen atoms in total. The summed E-state index contributed by atoms with van der Waals surface area (Å²) < 4.78 is 11.7. The van der Waals surface area contributed by atoms with Gasteiger partial charge in [0.05, 0.1) is 0 Å². The van der Waals surface area contributed by atoms with Crippen LogP contribution in [0.15, 0.2) is 12.2 Å². The lowest BCUT2D eigenvalue weighted by molar-refractivity contribution is 0.202. The summed E-state index contributed by atoms with van der Waals surface area (Å²) in [6.45, 7) is 15.2. The molecule has 0 aromatic carbocycles. The van der Waals surface area contributed by atoms with Crippen molar-refractivity contribution < 1.29 is 9.00 Å². The Balaban J connectivity index is 2.19. The molecule has 1 heterocycles. The number of nitrogens with one attached hydrogen (secondary N) is 2. The van der Waals surface area contributed by atoms with Gasteiger partial charge in [0, 0.05) is 53.5 Å². The summed E-state index contributed by atoms with van der Waals surface area (Å²) in [6, 6.07) is 0.0822. The molecule has 1 aliphatic heterocycles. The number of rotatable bonds is 6. The second-order valence-electron chi connectivity index (χ2n) is 7.07. The van der Waals surface area contributed by atoms with E-state index in [9.17, 15) is 9.00 Å². The van der Waals surface area contributed by atoms with E-state index in [-0.39, 0.29) is 16.8 Å². The van der Waals surface area contributed by atoms with Crippen LogP contribution < -0.4 is 10.6 Å². The summed E-state index contributed by atoms with van der Waals surface area (Å²) in [5.41, 5.74) is 1.18. The standard InChI is InChI=1S/C16H31N3O2S/c1-13(2)12-19-9-6-14(7-10-19)18-15(20)17-8-11-22(21)16(3,4)5/h14H,1,6-12H2,2-5H3,(H2,17,18,20). The average molecular weight is 330 g/mol. The molecule has 0 saturated carbocycles. The minimum absolute atomic E-state index is 0.149. The van der Waals surface area contributed by atoms with E-state index < -0.39 is 10.8 Å². The van der Waals surface area contributed by atoms with Crippen molar-refractivity contribution in [3.63, 3.8) is 0 Å². The van der Waals surface area contributed by atoms with E-state index in [0.29, 0.717) is 12.3 Å². The minimum atomic E-state index is -0.928. The van der Waals surface area contributed by atoms with Gasteiger partial charge in [-0.1, -0.05) is 12.2 Å². The van der Waals surface area contributed by atoms with Crippen LogP contribution in [0.5, 0.6) is 0 Å². The van der Waals surface area contributed by atoms with Gasteiger partial charge in [0.2, 0.25) is 0 Å². The van der Waals surface area contributed by atoms with Crippen LogP contribution in [-0.2, 0) is 10.8 Å². The molecular weight excluding hydrogens is 298 g/mol. The summed E-state index contributed by atoms with van der Waals surface area (Å²) in [7, 11) is -0.928. The van der Waals surface area contributed by atoms with Crippen molar-refractivity contribution in [3.8, 4) is 0 Å². The van der Waals surface area contributed by atoms with E-state index in [2.05, 4.69) is 22.1 Å². The fraction of sp³-hybridized carbons (Fsp3) is 0.812. The van der Waals surface area contributed by atoms with E-state index >= 15 is 0 Å². The molecule has 0 radical (unpaired) electrons. The van der Waals surface area contributed by atoms with Crippen molar-refractivity contribution in [1.29, 1.82) is 0 Å². The van der Waals surface area contributed by atoms with Crippen molar-refractivity contribution in [2.75, 3.05) is 31.9 Å². The van der Waals surface area contributed by atoms with Gasteiger partial charge >= 0.3 is 6.03 Å². The zero-order chi connectivity index (χ0) is 16.8. The zero-order valence-electron chi connectivity index (χ0n) is 14.4. The first-order valence-electron chi connectivity index (χ1n) is 7.98. The van der Waals surface area contributed by atoms with E-state index in [4.69, 9.17) is 0 Å². The molecule has 6 heteroatoms. The number of amides is 2. The van der Waals surface area contributed by atoms with Crippen molar-refractivity contribution in [2.24, 2.45) is 0 Å². The van der Waals surface area contributed by atoms with Gasteiger partial charge in [0.15, 0.2) is 0 Å². The molecule has 0 bridgehead atoms. The Kier molecular flexibility index (Phi) is 7.56. The molecule has 1 rings (SSSR count). The molecule has 1 saturated heterocycles.